The summed E-state index contributed by atoms with van der Waals surface area (Å²) in [6.45, 7) is 0. The van der Waals surface area contributed by atoms with Gasteiger partial charge < -0.3 is 15.2 Å². The van der Waals surface area contributed by atoms with E-state index in [1.54, 1.807) is 18.3 Å². The van der Waals surface area contributed by atoms with Gasteiger partial charge in [-0.25, -0.2) is 4.98 Å². The lowest BCUT2D eigenvalue weighted by molar-refractivity contribution is 0.405. The highest BCUT2D eigenvalue weighted by molar-refractivity contribution is 5.69. The summed E-state index contributed by atoms with van der Waals surface area (Å²) in [5.74, 6) is -0.265. The van der Waals surface area contributed by atoms with Crippen LogP contribution in [0, 0.1) is 0 Å². The fraction of sp³-hybridized carbons (Fsp3) is 0. The summed E-state index contributed by atoms with van der Waals surface area (Å²) in [7, 11) is 0. The normalized spacial score (nSPS) is 10.2. The van der Waals surface area contributed by atoms with Crippen LogP contribution >= 0.6 is 0 Å². The summed E-state index contributed by atoms with van der Waals surface area (Å²) in [5.41, 5.74) is 1.21. The van der Waals surface area contributed by atoms with Gasteiger partial charge in [0.15, 0.2) is 11.5 Å². The van der Waals surface area contributed by atoms with Crippen LogP contribution in [0.15, 0.2) is 30.7 Å². The summed E-state index contributed by atoms with van der Waals surface area (Å²) in [6.07, 6.45) is 3.09. The van der Waals surface area contributed by atoms with Crippen molar-refractivity contribution in [1.82, 2.24) is 9.97 Å². The number of para-hydroxylation sites is 1. The Bertz CT molecular complexity index is 410. The molecule has 66 valence electrons. The Balaban J connectivity index is 2.59. The van der Waals surface area contributed by atoms with Gasteiger partial charge in [0.2, 0.25) is 0 Å². The first-order valence-electron chi connectivity index (χ1n) is 3.78. The molecule has 0 aliphatic rings. The second-order valence-electron chi connectivity index (χ2n) is 2.64. The molecular weight excluding hydrogens is 168 g/mol. The summed E-state index contributed by atoms with van der Waals surface area (Å²) in [4.78, 5) is 6.66. The SMILES string of the molecule is Oc1cccc(-c2cnc[nH]2)c1O. The minimum atomic E-state index is -0.133. The van der Waals surface area contributed by atoms with Crippen LogP contribution < -0.4 is 0 Å². The molecule has 2 aromatic rings. The first-order chi connectivity index (χ1) is 6.29. The number of phenolic OH excluding ortho intramolecular Hbond substituents is 2. The largest absolute Gasteiger partial charge is 0.504 e. The number of nitrogens with one attached hydrogen (secondary N) is 1. The van der Waals surface area contributed by atoms with E-state index in [9.17, 15) is 10.2 Å². The molecular formula is C9H8N2O2. The van der Waals surface area contributed by atoms with Gasteiger partial charge >= 0.3 is 0 Å². The fourth-order valence-corrected chi connectivity index (χ4v) is 1.15. The van der Waals surface area contributed by atoms with E-state index in [1.807, 2.05) is 0 Å². The van der Waals surface area contributed by atoms with Crippen molar-refractivity contribution in [2.45, 2.75) is 0 Å². The molecule has 13 heavy (non-hydrogen) atoms. The lowest BCUT2D eigenvalue weighted by Crippen LogP contribution is -1.78. The average molecular weight is 176 g/mol. The van der Waals surface area contributed by atoms with Gasteiger partial charge in [-0.2, -0.15) is 0 Å². The number of aromatic nitrogens is 2. The van der Waals surface area contributed by atoms with Crippen molar-refractivity contribution in [3.63, 3.8) is 0 Å². The number of benzene rings is 1. The molecule has 2 rings (SSSR count). The molecule has 3 N–H and O–H groups in total. The van der Waals surface area contributed by atoms with Crippen molar-refractivity contribution in [1.29, 1.82) is 0 Å². The van der Waals surface area contributed by atoms with Crippen LogP contribution in [0.2, 0.25) is 0 Å². The molecule has 0 saturated carbocycles. The number of imidazole rings is 1. The molecule has 0 amide bonds. The van der Waals surface area contributed by atoms with E-state index in [0.29, 0.717) is 11.3 Å². The molecule has 0 aliphatic carbocycles. The monoisotopic (exact) mass is 176 g/mol. The van der Waals surface area contributed by atoms with E-state index >= 15 is 0 Å². The van der Waals surface area contributed by atoms with E-state index in [1.165, 1.54) is 12.4 Å². The van der Waals surface area contributed by atoms with Crippen LogP contribution in [0.5, 0.6) is 11.5 Å². The number of aromatic amines is 1. The number of H-pyrrole nitrogens is 1. The van der Waals surface area contributed by atoms with Gasteiger partial charge in [0, 0.05) is 5.56 Å². The van der Waals surface area contributed by atoms with Crippen molar-refractivity contribution in [3.8, 4) is 22.8 Å². The molecule has 0 unspecified atom stereocenters. The van der Waals surface area contributed by atoms with Crippen molar-refractivity contribution in [2.75, 3.05) is 0 Å². The molecule has 0 spiro atoms. The van der Waals surface area contributed by atoms with Crippen LogP contribution in [0.4, 0.5) is 0 Å². The highest BCUT2D eigenvalue weighted by atomic mass is 16.3. The Morgan fingerprint density at radius 1 is 1.23 bits per heavy atom. The van der Waals surface area contributed by atoms with Crippen molar-refractivity contribution in [2.24, 2.45) is 0 Å². The molecule has 0 radical (unpaired) electrons. The maximum absolute atomic E-state index is 9.47. The molecule has 1 aromatic heterocycles. The van der Waals surface area contributed by atoms with Gasteiger partial charge in [0.25, 0.3) is 0 Å². The number of nitrogens with zero attached hydrogens (tertiary/aromatic N) is 1. The van der Waals surface area contributed by atoms with E-state index < -0.39 is 0 Å². The minimum absolute atomic E-state index is 0.132. The number of rotatable bonds is 1. The zero-order valence-electron chi connectivity index (χ0n) is 6.73. The quantitative estimate of drug-likeness (QED) is 0.576. The van der Waals surface area contributed by atoms with E-state index in [-0.39, 0.29) is 11.5 Å². The summed E-state index contributed by atoms with van der Waals surface area (Å²) in [5, 5.41) is 18.7. The topological polar surface area (TPSA) is 69.1 Å². The van der Waals surface area contributed by atoms with Crippen LogP contribution in [0.25, 0.3) is 11.3 Å². The highest BCUT2D eigenvalue weighted by Crippen LogP contribution is 2.34. The maximum atomic E-state index is 9.47. The van der Waals surface area contributed by atoms with Gasteiger partial charge in [0.1, 0.15) is 0 Å². The van der Waals surface area contributed by atoms with Gasteiger partial charge in [-0.3, -0.25) is 0 Å². The predicted molar refractivity (Wildman–Crippen MR) is 47.4 cm³/mol. The summed E-state index contributed by atoms with van der Waals surface area (Å²) in [6, 6.07) is 4.78. The molecule has 1 heterocycles. The third kappa shape index (κ3) is 1.22. The smallest absolute Gasteiger partial charge is 0.166 e. The summed E-state index contributed by atoms with van der Waals surface area (Å²) < 4.78 is 0. The summed E-state index contributed by atoms with van der Waals surface area (Å²) >= 11 is 0. The maximum Gasteiger partial charge on any atom is 0.166 e. The predicted octanol–water partition coefficient (Wildman–Crippen LogP) is 1.49. The average Bonchev–Trinajstić information content (AvgIpc) is 2.62. The zero-order chi connectivity index (χ0) is 9.26. The first-order valence-corrected chi connectivity index (χ1v) is 3.78. The molecule has 0 bridgehead atoms. The van der Waals surface area contributed by atoms with Gasteiger partial charge in [-0.05, 0) is 12.1 Å². The van der Waals surface area contributed by atoms with Crippen LogP contribution in [-0.2, 0) is 0 Å². The van der Waals surface area contributed by atoms with Crippen LogP contribution in [0.1, 0.15) is 0 Å². The Labute approximate surface area is 74.5 Å². The van der Waals surface area contributed by atoms with Crippen molar-refractivity contribution >= 4 is 0 Å². The molecule has 0 saturated heterocycles. The lowest BCUT2D eigenvalue weighted by Gasteiger charge is -2.02. The molecule has 1 aromatic carbocycles. The van der Waals surface area contributed by atoms with E-state index in [0.717, 1.165) is 0 Å². The van der Waals surface area contributed by atoms with Crippen molar-refractivity contribution < 1.29 is 10.2 Å². The molecule has 0 fully saturated rings. The van der Waals surface area contributed by atoms with Crippen molar-refractivity contribution in [3.05, 3.63) is 30.7 Å². The Morgan fingerprint density at radius 3 is 2.77 bits per heavy atom. The number of aromatic hydroxyl groups is 2. The fourth-order valence-electron chi connectivity index (χ4n) is 1.15. The molecule has 0 aliphatic heterocycles. The second-order valence-corrected chi connectivity index (χ2v) is 2.64. The first kappa shape index (κ1) is 7.67. The highest BCUT2D eigenvalue weighted by Gasteiger charge is 2.07. The number of phenols is 2. The van der Waals surface area contributed by atoms with Crippen LogP contribution in [0.3, 0.4) is 0 Å². The third-order valence-electron chi connectivity index (χ3n) is 1.80. The van der Waals surface area contributed by atoms with Gasteiger partial charge in [-0.15, -0.1) is 0 Å². The Kier molecular flexibility index (Phi) is 1.66. The molecule has 0 atom stereocenters. The number of hydrogen-bond acceptors (Lipinski definition) is 3. The van der Waals surface area contributed by atoms with Gasteiger partial charge in [0.05, 0.1) is 18.2 Å². The zero-order valence-corrected chi connectivity index (χ0v) is 6.73. The standard InChI is InChI=1S/C9H8N2O2/c12-8-3-1-2-6(9(8)13)7-4-10-5-11-7/h1-5,12-13H,(H,10,11). The minimum Gasteiger partial charge on any atom is -0.504 e. The second kappa shape index (κ2) is 2.82. The third-order valence-corrected chi connectivity index (χ3v) is 1.80. The van der Waals surface area contributed by atoms with E-state index in [4.69, 9.17) is 0 Å². The van der Waals surface area contributed by atoms with Gasteiger partial charge in [-0.1, -0.05) is 6.07 Å². The molecule has 4 nitrogen and oxygen atoms in total. The number of hydrogen-bond donors (Lipinski definition) is 3. The van der Waals surface area contributed by atoms with Crippen LogP contribution in [-0.4, -0.2) is 20.2 Å². The molecule has 4 heteroatoms. The Morgan fingerprint density at radius 2 is 2.08 bits per heavy atom. The lowest BCUT2D eigenvalue weighted by atomic mass is 10.1. The van der Waals surface area contributed by atoms with E-state index in [2.05, 4.69) is 9.97 Å². The Hall–Kier alpha value is -1.97.